The van der Waals surface area contributed by atoms with Crippen LogP contribution in [0.15, 0.2) is 65.3 Å². The quantitative estimate of drug-likeness (QED) is 0.419. The first-order valence-electron chi connectivity index (χ1n) is 10.6. The lowest BCUT2D eigenvalue weighted by Crippen LogP contribution is -2.16. The van der Waals surface area contributed by atoms with Gasteiger partial charge in [-0.15, -0.1) is 0 Å². The van der Waals surface area contributed by atoms with Crippen LogP contribution in [-0.4, -0.2) is 47.0 Å². The Morgan fingerprint density at radius 1 is 1.09 bits per heavy atom. The molecule has 0 atom stereocenters. The molecule has 1 N–H and O–H groups in total. The summed E-state index contributed by atoms with van der Waals surface area (Å²) in [5.41, 5.74) is 3.04. The van der Waals surface area contributed by atoms with Crippen LogP contribution in [0.3, 0.4) is 0 Å². The fraction of sp³-hybridized carbons (Fsp3) is 0.250. The summed E-state index contributed by atoms with van der Waals surface area (Å²) in [6, 6.07) is 17.4. The second kappa shape index (κ2) is 9.99. The van der Waals surface area contributed by atoms with Gasteiger partial charge in [-0.3, -0.25) is 4.79 Å². The Balaban J connectivity index is 1.32. The molecule has 33 heavy (non-hydrogen) atoms. The number of carbonyl (C=O) groups is 1. The molecule has 9 heteroatoms. The van der Waals surface area contributed by atoms with Crippen molar-refractivity contribution in [2.75, 3.05) is 31.4 Å². The average Bonchev–Trinajstić information content (AvgIpc) is 3.48. The number of nitrogens with zero attached hydrogens (tertiary/aromatic N) is 5. The van der Waals surface area contributed by atoms with E-state index in [0.29, 0.717) is 30.5 Å². The molecule has 0 saturated carbocycles. The molecule has 0 unspecified atom stereocenters. The summed E-state index contributed by atoms with van der Waals surface area (Å²) >= 11 is 0. The van der Waals surface area contributed by atoms with Crippen molar-refractivity contribution in [3.63, 3.8) is 0 Å². The summed E-state index contributed by atoms with van der Waals surface area (Å²) < 4.78 is 12.2. The van der Waals surface area contributed by atoms with Crippen LogP contribution in [-0.2, 0) is 17.8 Å². The van der Waals surface area contributed by atoms with Gasteiger partial charge >= 0.3 is 0 Å². The van der Waals surface area contributed by atoms with Crippen LogP contribution in [0, 0.1) is 0 Å². The molecule has 2 heterocycles. The normalized spacial score (nSPS) is 10.8. The first-order valence-corrected chi connectivity index (χ1v) is 10.6. The van der Waals surface area contributed by atoms with E-state index in [-0.39, 0.29) is 12.3 Å². The third kappa shape index (κ3) is 5.57. The molecular weight excluding hydrogens is 420 g/mol. The fourth-order valence-electron chi connectivity index (χ4n) is 3.28. The molecule has 0 radical (unpaired) electrons. The molecule has 1 amide bonds. The first-order chi connectivity index (χ1) is 16.0. The Morgan fingerprint density at radius 3 is 2.55 bits per heavy atom. The van der Waals surface area contributed by atoms with Crippen LogP contribution in [0.5, 0.6) is 5.75 Å². The highest BCUT2D eigenvalue weighted by Crippen LogP contribution is 2.20. The first kappa shape index (κ1) is 22.1. The van der Waals surface area contributed by atoms with Crippen LogP contribution in [0.2, 0.25) is 0 Å². The maximum atomic E-state index is 12.5. The second-order valence-electron chi connectivity index (χ2n) is 7.72. The largest absolute Gasteiger partial charge is 0.497 e. The molecule has 0 aliphatic rings. The van der Waals surface area contributed by atoms with E-state index in [1.807, 2.05) is 43.3 Å². The molecule has 0 spiro atoms. The van der Waals surface area contributed by atoms with Crippen molar-refractivity contribution in [2.24, 2.45) is 0 Å². The van der Waals surface area contributed by atoms with Gasteiger partial charge < -0.3 is 19.5 Å². The molecule has 0 fully saturated rings. The molecule has 0 bridgehead atoms. The second-order valence-corrected chi connectivity index (χ2v) is 7.72. The number of hydrogen-bond acceptors (Lipinski definition) is 7. The maximum absolute atomic E-state index is 12.5. The number of anilines is 2. The standard InChI is InChI=1S/C24H26N6O3/c1-29(2)19-8-4-17(5-9-19)16-30-21(14-15-25-30)26-22(31)12-13-23-27-24(28-33-23)18-6-10-20(32-3)11-7-18/h4-11,14-15H,12-13,16H2,1-3H3,(H,26,31). The number of rotatable bonds is 9. The highest BCUT2D eigenvalue weighted by atomic mass is 16.5. The molecule has 0 aliphatic carbocycles. The number of aromatic nitrogens is 4. The lowest BCUT2D eigenvalue weighted by molar-refractivity contribution is -0.116. The van der Waals surface area contributed by atoms with E-state index >= 15 is 0 Å². The van der Waals surface area contributed by atoms with Crippen molar-refractivity contribution in [3.8, 4) is 17.1 Å². The number of nitrogens with one attached hydrogen (secondary N) is 1. The van der Waals surface area contributed by atoms with Gasteiger partial charge in [-0.25, -0.2) is 4.68 Å². The van der Waals surface area contributed by atoms with Crippen molar-refractivity contribution >= 4 is 17.4 Å². The van der Waals surface area contributed by atoms with Crippen molar-refractivity contribution in [1.82, 2.24) is 19.9 Å². The zero-order valence-corrected chi connectivity index (χ0v) is 18.9. The third-order valence-electron chi connectivity index (χ3n) is 5.15. The van der Waals surface area contributed by atoms with Crippen molar-refractivity contribution in [2.45, 2.75) is 19.4 Å². The predicted octanol–water partition coefficient (Wildman–Crippen LogP) is 3.63. The Hall–Kier alpha value is -4.14. The van der Waals surface area contributed by atoms with Gasteiger partial charge in [0.05, 0.1) is 19.9 Å². The Labute approximate surface area is 192 Å². The van der Waals surface area contributed by atoms with Gasteiger partial charge in [0.1, 0.15) is 11.6 Å². The predicted molar refractivity (Wildman–Crippen MR) is 125 cm³/mol. The highest BCUT2D eigenvalue weighted by Gasteiger charge is 2.13. The number of methoxy groups -OCH3 is 1. The van der Waals surface area contributed by atoms with Crippen LogP contribution < -0.4 is 15.0 Å². The molecule has 2 aromatic carbocycles. The SMILES string of the molecule is COc1ccc(-c2noc(CCC(=O)Nc3ccnn3Cc3ccc(N(C)C)cc3)n2)cc1. The Bertz CT molecular complexity index is 1200. The lowest BCUT2D eigenvalue weighted by Gasteiger charge is -2.13. The van der Waals surface area contributed by atoms with Gasteiger partial charge in [0.25, 0.3) is 0 Å². The van der Waals surface area contributed by atoms with Crippen LogP contribution >= 0.6 is 0 Å². The molecular formula is C24H26N6O3. The molecule has 170 valence electrons. The summed E-state index contributed by atoms with van der Waals surface area (Å²) in [5.74, 6) is 2.13. The van der Waals surface area contributed by atoms with Crippen molar-refractivity contribution in [1.29, 1.82) is 0 Å². The minimum atomic E-state index is -0.149. The van der Waals surface area contributed by atoms with Gasteiger partial charge in [0.2, 0.25) is 17.6 Å². The topological polar surface area (TPSA) is 98.3 Å². The zero-order chi connectivity index (χ0) is 23.2. The van der Waals surface area contributed by atoms with E-state index in [1.54, 1.807) is 24.1 Å². The minimum Gasteiger partial charge on any atom is -0.497 e. The lowest BCUT2D eigenvalue weighted by atomic mass is 10.2. The maximum Gasteiger partial charge on any atom is 0.227 e. The molecule has 2 aromatic heterocycles. The van der Waals surface area contributed by atoms with E-state index in [9.17, 15) is 4.79 Å². The van der Waals surface area contributed by atoms with Crippen molar-refractivity contribution in [3.05, 3.63) is 72.2 Å². The van der Waals surface area contributed by atoms with Gasteiger partial charge in [-0.1, -0.05) is 17.3 Å². The number of benzene rings is 2. The molecule has 0 saturated heterocycles. The minimum absolute atomic E-state index is 0.149. The average molecular weight is 447 g/mol. The van der Waals surface area contributed by atoms with E-state index in [0.717, 1.165) is 22.6 Å². The zero-order valence-electron chi connectivity index (χ0n) is 18.9. The van der Waals surface area contributed by atoms with E-state index in [2.05, 4.69) is 44.8 Å². The van der Waals surface area contributed by atoms with Gasteiger partial charge in [0, 0.05) is 44.3 Å². The number of ether oxygens (including phenoxy) is 1. The smallest absolute Gasteiger partial charge is 0.227 e. The molecule has 4 aromatic rings. The molecule has 9 nitrogen and oxygen atoms in total. The number of hydrogen-bond donors (Lipinski definition) is 1. The fourth-order valence-corrected chi connectivity index (χ4v) is 3.28. The van der Waals surface area contributed by atoms with Crippen LogP contribution in [0.25, 0.3) is 11.4 Å². The summed E-state index contributed by atoms with van der Waals surface area (Å²) in [5, 5.41) is 11.2. The van der Waals surface area contributed by atoms with Crippen molar-refractivity contribution < 1.29 is 14.1 Å². The Morgan fingerprint density at radius 2 is 1.85 bits per heavy atom. The summed E-state index contributed by atoms with van der Waals surface area (Å²) in [7, 11) is 5.62. The van der Waals surface area contributed by atoms with E-state index < -0.39 is 0 Å². The Kier molecular flexibility index (Phi) is 6.68. The summed E-state index contributed by atoms with van der Waals surface area (Å²) in [4.78, 5) is 18.9. The number of amides is 1. The van der Waals surface area contributed by atoms with Gasteiger partial charge in [0.15, 0.2) is 0 Å². The molecule has 0 aliphatic heterocycles. The molecule has 4 rings (SSSR count). The summed E-state index contributed by atoms with van der Waals surface area (Å²) in [6.07, 6.45) is 2.23. The van der Waals surface area contributed by atoms with Crippen LogP contribution in [0.4, 0.5) is 11.5 Å². The number of carbonyl (C=O) groups excluding carboxylic acids is 1. The number of aryl methyl sites for hydroxylation is 1. The third-order valence-corrected chi connectivity index (χ3v) is 5.15. The van der Waals surface area contributed by atoms with E-state index in [1.165, 1.54) is 0 Å². The van der Waals surface area contributed by atoms with Crippen LogP contribution in [0.1, 0.15) is 17.9 Å². The van der Waals surface area contributed by atoms with Gasteiger partial charge in [-0.2, -0.15) is 10.1 Å². The van der Waals surface area contributed by atoms with Gasteiger partial charge in [-0.05, 0) is 42.0 Å². The van der Waals surface area contributed by atoms with E-state index in [4.69, 9.17) is 9.26 Å². The monoisotopic (exact) mass is 446 g/mol. The summed E-state index contributed by atoms with van der Waals surface area (Å²) in [6.45, 7) is 0.561. The highest BCUT2D eigenvalue weighted by molar-refractivity contribution is 5.89.